The van der Waals surface area contributed by atoms with Gasteiger partial charge in [-0.25, -0.2) is 0 Å². The predicted molar refractivity (Wildman–Crippen MR) is 76.2 cm³/mol. The molecule has 0 amide bonds. The average molecular weight is 292 g/mol. The molecule has 1 aliphatic rings. The highest BCUT2D eigenvalue weighted by atomic mass is 35.5. The van der Waals surface area contributed by atoms with Crippen molar-refractivity contribution in [2.45, 2.75) is 13.2 Å². The fourth-order valence-electron chi connectivity index (χ4n) is 1.98. The van der Waals surface area contributed by atoms with E-state index in [2.05, 4.69) is 0 Å². The lowest BCUT2D eigenvalue weighted by atomic mass is 10.2. The molecule has 20 heavy (non-hydrogen) atoms. The van der Waals surface area contributed by atoms with E-state index in [0.29, 0.717) is 23.9 Å². The molecule has 0 unspecified atom stereocenters. The van der Waals surface area contributed by atoms with Gasteiger partial charge in [0, 0.05) is 11.6 Å². The Bertz CT molecular complexity index is 631. The molecule has 0 saturated carbocycles. The van der Waals surface area contributed by atoms with Gasteiger partial charge in [-0.05, 0) is 35.4 Å². The maximum atomic E-state index is 6.09. The summed E-state index contributed by atoms with van der Waals surface area (Å²) in [5, 5.41) is 0.621. The number of hydrogen-bond donors (Lipinski definition) is 1. The van der Waals surface area contributed by atoms with Gasteiger partial charge in [0.1, 0.15) is 12.4 Å². The van der Waals surface area contributed by atoms with Gasteiger partial charge in [0.25, 0.3) is 0 Å². The minimum absolute atomic E-state index is 0.274. The maximum absolute atomic E-state index is 6.09. The summed E-state index contributed by atoms with van der Waals surface area (Å²) < 4.78 is 16.3. The molecule has 2 N–H and O–H groups in total. The summed E-state index contributed by atoms with van der Waals surface area (Å²) in [6.45, 7) is 1.13. The Balaban J connectivity index is 1.69. The first kappa shape index (κ1) is 13.1. The highest BCUT2D eigenvalue weighted by Gasteiger charge is 2.13. The molecule has 2 aromatic rings. The minimum Gasteiger partial charge on any atom is -0.489 e. The van der Waals surface area contributed by atoms with E-state index in [1.54, 1.807) is 6.07 Å². The van der Waals surface area contributed by atoms with Crippen LogP contribution in [-0.2, 0) is 13.2 Å². The summed E-state index contributed by atoms with van der Waals surface area (Å²) in [7, 11) is 0. The monoisotopic (exact) mass is 291 g/mol. The van der Waals surface area contributed by atoms with Gasteiger partial charge in [-0.3, -0.25) is 0 Å². The fourth-order valence-corrected chi connectivity index (χ4v) is 2.23. The predicted octanol–water partition coefficient (Wildman–Crippen LogP) is 3.11. The molecule has 0 aromatic heterocycles. The van der Waals surface area contributed by atoms with Crippen molar-refractivity contribution in [1.82, 2.24) is 0 Å². The highest BCUT2D eigenvalue weighted by Crippen LogP contribution is 2.33. The van der Waals surface area contributed by atoms with Gasteiger partial charge in [0.2, 0.25) is 6.79 Å². The molecule has 104 valence electrons. The van der Waals surface area contributed by atoms with Crippen LogP contribution in [0, 0.1) is 0 Å². The molecule has 5 heteroatoms. The number of benzene rings is 2. The summed E-state index contributed by atoms with van der Waals surface area (Å²) in [6.07, 6.45) is 0. The number of fused-ring (bicyclic) bond motifs is 1. The van der Waals surface area contributed by atoms with Gasteiger partial charge in [-0.1, -0.05) is 23.7 Å². The van der Waals surface area contributed by atoms with Crippen LogP contribution < -0.4 is 19.9 Å². The smallest absolute Gasteiger partial charge is 0.231 e. The van der Waals surface area contributed by atoms with Crippen molar-refractivity contribution < 1.29 is 14.2 Å². The van der Waals surface area contributed by atoms with Crippen LogP contribution in [0.15, 0.2) is 36.4 Å². The zero-order valence-corrected chi connectivity index (χ0v) is 11.5. The third-order valence-electron chi connectivity index (χ3n) is 3.09. The summed E-state index contributed by atoms with van der Waals surface area (Å²) in [4.78, 5) is 0. The maximum Gasteiger partial charge on any atom is 0.231 e. The molecule has 2 aromatic carbocycles. The Hall–Kier alpha value is -1.91. The lowest BCUT2D eigenvalue weighted by Gasteiger charge is -2.09. The van der Waals surface area contributed by atoms with Gasteiger partial charge in [-0.15, -0.1) is 0 Å². The second-order valence-corrected chi connectivity index (χ2v) is 4.84. The molecular formula is C15H14ClNO3. The van der Waals surface area contributed by atoms with Gasteiger partial charge < -0.3 is 19.9 Å². The molecule has 0 fully saturated rings. The topological polar surface area (TPSA) is 53.7 Å². The third-order valence-corrected chi connectivity index (χ3v) is 3.44. The quantitative estimate of drug-likeness (QED) is 0.940. The van der Waals surface area contributed by atoms with Crippen LogP contribution in [0.25, 0.3) is 0 Å². The number of ether oxygens (including phenoxy) is 3. The number of nitrogens with two attached hydrogens (primary N) is 1. The normalized spacial score (nSPS) is 12.5. The first-order chi connectivity index (χ1) is 9.76. The van der Waals surface area contributed by atoms with E-state index >= 15 is 0 Å². The van der Waals surface area contributed by atoms with E-state index in [9.17, 15) is 0 Å². The second-order valence-electron chi connectivity index (χ2n) is 4.43. The molecule has 1 aliphatic heterocycles. The first-order valence-corrected chi connectivity index (χ1v) is 6.64. The Morgan fingerprint density at radius 1 is 1.10 bits per heavy atom. The lowest BCUT2D eigenvalue weighted by molar-refractivity contribution is 0.174. The van der Waals surface area contributed by atoms with Gasteiger partial charge in [0.05, 0.1) is 0 Å². The standard InChI is InChI=1S/C15H14ClNO3/c16-13-6-12(3-2-11(13)7-17)18-8-10-1-4-14-15(5-10)20-9-19-14/h1-6H,7-9,17H2. The van der Waals surface area contributed by atoms with Crippen molar-refractivity contribution in [3.8, 4) is 17.2 Å². The molecule has 0 saturated heterocycles. The highest BCUT2D eigenvalue weighted by molar-refractivity contribution is 6.31. The zero-order chi connectivity index (χ0) is 13.9. The van der Waals surface area contributed by atoms with Crippen molar-refractivity contribution in [3.63, 3.8) is 0 Å². The zero-order valence-electron chi connectivity index (χ0n) is 10.8. The molecule has 0 radical (unpaired) electrons. The Morgan fingerprint density at radius 3 is 2.75 bits per heavy atom. The molecular weight excluding hydrogens is 278 g/mol. The van der Waals surface area contributed by atoms with Crippen LogP contribution in [0.2, 0.25) is 5.02 Å². The third kappa shape index (κ3) is 2.66. The fraction of sp³-hybridized carbons (Fsp3) is 0.200. The number of halogens is 1. The molecule has 0 spiro atoms. The second kappa shape index (κ2) is 5.61. The Kier molecular flexibility index (Phi) is 3.67. The summed E-state index contributed by atoms with van der Waals surface area (Å²) in [5.74, 6) is 2.23. The van der Waals surface area contributed by atoms with E-state index < -0.39 is 0 Å². The van der Waals surface area contributed by atoms with E-state index in [4.69, 9.17) is 31.5 Å². The molecule has 0 aliphatic carbocycles. The van der Waals surface area contributed by atoms with Gasteiger partial charge in [-0.2, -0.15) is 0 Å². The van der Waals surface area contributed by atoms with Crippen LogP contribution in [0.1, 0.15) is 11.1 Å². The van der Waals surface area contributed by atoms with E-state index in [0.717, 1.165) is 22.6 Å². The molecule has 0 atom stereocenters. The van der Waals surface area contributed by atoms with Gasteiger partial charge in [0.15, 0.2) is 11.5 Å². The lowest BCUT2D eigenvalue weighted by Crippen LogP contribution is -1.99. The van der Waals surface area contributed by atoms with Crippen LogP contribution in [0.5, 0.6) is 17.2 Å². The first-order valence-electron chi connectivity index (χ1n) is 6.26. The van der Waals surface area contributed by atoms with Crippen molar-refractivity contribution in [2.75, 3.05) is 6.79 Å². The van der Waals surface area contributed by atoms with Crippen molar-refractivity contribution in [3.05, 3.63) is 52.5 Å². The average Bonchev–Trinajstić information content (AvgIpc) is 2.92. The van der Waals surface area contributed by atoms with Crippen molar-refractivity contribution in [2.24, 2.45) is 5.73 Å². The SMILES string of the molecule is NCc1ccc(OCc2ccc3c(c2)OCO3)cc1Cl. The minimum atomic E-state index is 0.274. The largest absolute Gasteiger partial charge is 0.489 e. The van der Waals surface area contributed by atoms with E-state index in [-0.39, 0.29) is 6.79 Å². The molecule has 4 nitrogen and oxygen atoms in total. The number of rotatable bonds is 4. The van der Waals surface area contributed by atoms with Crippen molar-refractivity contribution >= 4 is 11.6 Å². The molecule has 3 rings (SSSR count). The Labute approximate surface area is 122 Å². The van der Waals surface area contributed by atoms with Crippen LogP contribution in [-0.4, -0.2) is 6.79 Å². The number of hydrogen-bond acceptors (Lipinski definition) is 4. The van der Waals surface area contributed by atoms with Gasteiger partial charge >= 0.3 is 0 Å². The van der Waals surface area contributed by atoms with Crippen LogP contribution >= 0.6 is 11.6 Å². The van der Waals surface area contributed by atoms with Crippen LogP contribution in [0.4, 0.5) is 0 Å². The summed E-state index contributed by atoms with van der Waals surface area (Å²) >= 11 is 6.09. The summed E-state index contributed by atoms with van der Waals surface area (Å²) in [5.41, 5.74) is 7.48. The van der Waals surface area contributed by atoms with E-state index in [1.165, 1.54) is 0 Å². The van der Waals surface area contributed by atoms with Crippen molar-refractivity contribution in [1.29, 1.82) is 0 Å². The van der Waals surface area contributed by atoms with Crippen LogP contribution in [0.3, 0.4) is 0 Å². The molecule has 1 heterocycles. The molecule has 0 bridgehead atoms. The summed E-state index contributed by atoms with van der Waals surface area (Å²) in [6, 6.07) is 11.3. The Morgan fingerprint density at radius 2 is 1.95 bits per heavy atom. The van der Waals surface area contributed by atoms with E-state index in [1.807, 2.05) is 30.3 Å².